The molecule has 1 aliphatic heterocycles. The van der Waals surface area contributed by atoms with E-state index in [1.807, 2.05) is 41.0 Å². The molecule has 0 saturated heterocycles. The summed E-state index contributed by atoms with van der Waals surface area (Å²) in [7, 11) is 0. The first-order valence-electron chi connectivity index (χ1n) is 24.2. The van der Waals surface area contributed by atoms with Gasteiger partial charge in [0.2, 0.25) is 0 Å². The third-order valence-electron chi connectivity index (χ3n) is 11.0. The fourth-order valence-corrected chi connectivity index (χ4v) is 8.09. The first-order valence-corrected chi connectivity index (χ1v) is 19.2. The lowest BCUT2D eigenvalue weighted by molar-refractivity contribution is 0.0430. The molecule has 6 heteroatoms. The van der Waals surface area contributed by atoms with Crippen molar-refractivity contribution < 1.29 is 22.5 Å². The summed E-state index contributed by atoms with van der Waals surface area (Å²) in [6, 6.07) is 28.7. The average Bonchev–Trinajstić information content (AvgIpc) is 3.90. The fourth-order valence-electron chi connectivity index (χ4n) is 8.09. The Balaban J connectivity index is 1.12. The minimum absolute atomic E-state index is 0.0810. The Kier molecular flexibility index (Phi) is 6.40. The number of hydrogen-bond donors (Lipinski definition) is 0. The molecule has 2 aromatic heterocycles. The zero-order chi connectivity index (χ0) is 49.0. The van der Waals surface area contributed by atoms with Crippen LogP contribution in [0.15, 0.2) is 188 Å². The van der Waals surface area contributed by atoms with Gasteiger partial charge >= 0.3 is 0 Å². The number of rotatable bonds is 7. The Morgan fingerprint density at radius 2 is 1.17 bits per heavy atom. The second-order valence-electron chi connectivity index (χ2n) is 15.5. The molecule has 0 bridgehead atoms. The Labute approximate surface area is 357 Å². The predicted molar refractivity (Wildman–Crippen MR) is 240 cm³/mol. The van der Waals surface area contributed by atoms with E-state index in [1.165, 1.54) is 30.3 Å². The highest BCUT2D eigenvalue weighted by atomic mass is 19.3. The number of fused-ring (bicyclic) bond motifs is 4. The topological polar surface area (TPSA) is 24.3 Å². The molecule has 0 radical (unpaired) electrons. The van der Waals surface area contributed by atoms with Gasteiger partial charge in [0.25, 0.3) is 5.92 Å². The van der Waals surface area contributed by atoms with Gasteiger partial charge in [-0.1, -0.05) is 154 Å². The lowest BCUT2D eigenvalue weighted by Crippen LogP contribution is -2.25. The van der Waals surface area contributed by atoms with Gasteiger partial charge in [0.05, 0.1) is 41.8 Å². The van der Waals surface area contributed by atoms with Crippen molar-refractivity contribution in [3.05, 3.63) is 205 Å². The molecular formula is C53H42F2N4. The summed E-state index contributed by atoms with van der Waals surface area (Å²) >= 11 is 0. The summed E-state index contributed by atoms with van der Waals surface area (Å²) < 4.78 is 123. The van der Waals surface area contributed by atoms with Crippen LogP contribution in [0.5, 0.6) is 0 Å². The molecular weight excluding hydrogens is 731 g/mol. The summed E-state index contributed by atoms with van der Waals surface area (Å²) in [6.45, 7) is 6.24. The van der Waals surface area contributed by atoms with Gasteiger partial charge in [-0.15, -0.1) is 0 Å². The van der Waals surface area contributed by atoms with E-state index < -0.39 is 66.3 Å². The summed E-state index contributed by atoms with van der Waals surface area (Å²) in [5.74, 6) is -2.90. The van der Waals surface area contributed by atoms with E-state index in [0.29, 0.717) is 28.4 Å². The highest BCUT2D eigenvalue weighted by Gasteiger charge is 2.37. The van der Waals surface area contributed by atoms with E-state index in [4.69, 9.17) is 18.7 Å². The second-order valence-corrected chi connectivity index (χ2v) is 15.5. The van der Waals surface area contributed by atoms with Crippen molar-refractivity contribution in [3.8, 4) is 28.1 Å². The highest BCUT2D eigenvalue weighted by Crippen LogP contribution is 2.50. The van der Waals surface area contributed by atoms with E-state index in [1.54, 1.807) is 70.6 Å². The second kappa shape index (κ2) is 14.1. The number of hydrogen-bond acceptors (Lipinski definition) is 3. The lowest BCUT2D eigenvalue weighted by atomic mass is 9.88. The van der Waals surface area contributed by atoms with Crippen LogP contribution in [-0.2, 0) is 11.3 Å². The molecule has 3 heterocycles. The van der Waals surface area contributed by atoms with E-state index in [0.717, 1.165) is 21.9 Å². The molecule has 0 fully saturated rings. The number of anilines is 4. The number of para-hydroxylation sites is 4. The van der Waals surface area contributed by atoms with Crippen LogP contribution >= 0.6 is 0 Å². The Morgan fingerprint density at radius 1 is 0.559 bits per heavy atom. The normalized spacial score (nSPS) is 15.4. The van der Waals surface area contributed by atoms with E-state index in [-0.39, 0.29) is 51.2 Å². The minimum Gasteiger partial charge on any atom is -0.321 e. The molecule has 4 nitrogen and oxygen atoms in total. The monoisotopic (exact) mass is 782 g/mol. The van der Waals surface area contributed by atoms with Crippen molar-refractivity contribution in [2.24, 2.45) is 0 Å². The molecule has 0 unspecified atom stereocenters. The molecule has 7 aromatic carbocycles. The third kappa shape index (κ3) is 6.23. The van der Waals surface area contributed by atoms with Crippen LogP contribution in [-0.4, -0.2) is 16.2 Å². The van der Waals surface area contributed by atoms with E-state index in [9.17, 15) is 0 Å². The molecule has 0 N–H and O–H groups in total. The van der Waals surface area contributed by atoms with E-state index >= 15 is 8.78 Å². The standard InChI is InChI=1S/C53H42F2N4/c1-52(2,3)38-30-31-56-50(34-38)59-46-25-11-10-22-44(46)45-29-28-40(33-49(45)59)53(54,55)39-20-14-21-41(32-39)57-35-58(48-27-13-12-26-47(48)57)51-42(36-16-6-4-7-17-36)23-15-24-43(51)37-18-8-5-9-19-37/h4-34H,35H2,1-3H3/i4D,5D,6D,7D,8D,9D,16D,17D,18D,19D. The number of nitrogens with zero attached hydrogens (tertiary/aromatic N) is 4. The van der Waals surface area contributed by atoms with Gasteiger partial charge in [-0.25, -0.2) is 4.98 Å². The van der Waals surface area contributed by atoms with Gasteiger partial charge in [0, 0.05) is 44.9 Å². The molecule has 10 rings (SSSR count). The quantitative estimate of drug-likeness (QED) is 0.161. The van der Waals surface area contributed by atoms with Gasteiger partial charge in [-0.05, 0) is 70.6 Å². The van der Waals surface area contributed by atoms with Crippen LogP contribution < -0.4 is 9.80 Å². The molecule has 0 aliphatic carbocycles. The number of benzene rings is 7. The smallest absolute Gasteiger partial charge is 0.298 e. The van der Waals surface area contributed by atoms with Crippen LogP contribution in [0.25, 0.3) is 49.9 Å². The van der Waals surface area contributed by atoms with Crippen molar-refractivity contribution >= 4 is 44.6 Å². The first kappa shape index (κ1) is 26.8. The molecule has 0 spiro atoms. The number of aromatic nitrogens is 2. The summed E-state index contributed by atoms with van der Waals surface area (Å²) in [6.07, 6.45) is 1.74. The van der Waals surface area contributed by atoms with Crippen molar-refractivity contribution in [2.75, 3.05) is 16.5 Å². The van der Waals surface area contributed by atoms with Crippen molar-refractivity contribution in [1.82, 2.24) is 9.55 Å². The van der Waals surface area contributed by atoms with Crippen molar-refractivity contribution in [2.45, 2.75) is 32.1 Å². The first-order chi connectivity index (χ1) is 32.8. The maximum absolute atomic E-state index is 17.3. The van der Waals surface area contributed by atoms with Gasteiger partial charge in [-0.2, -0.15) is 8.78 Å². The van der Waals surface area contributed by atoms with Crippen LogP contribution in [0.2, 0.25) is 0 Å². The molecule has 0 atom stereocenters. The summed E-state index contributed by atoms with van der Waals surface area (Å²) in [4.78, 5) is 8.26. The lowest BCUT2D eigenvalue weighted by Gasteiger charge is -2.27. The van der Waals surface area contributed by atoms with Crippen LogP contribution in [0.4, 0.5) is 31.5 Å². The highest BCUT2D eigenvalue weighted by molar-refractivity contribution is 6.09. The molecule has 1 aliphatic rings. The molecule has 59 heavy (non-hydrogen) atoms. The molecule has 0 amide bonds. The number of halogens is 2. The van der Waals surface area contributed by atoms with Gasteiger partial charge in [0.1, 0.15) is 12.5 Å². The zero-order valence-corrected chi connectivity index (χ0v) is 32.4. The number of alkyl halides is 2. The van der Waals surface area contributed by atoms with Crippen molar-refractivity contribution in [3.63, 3.8) is 0 Å². The van der Waals surface area contributed by atoms with Gasteiger partial charge < -0.3 is 9.80 Å². The Hall–Kier alpha value is -7.05. The van der Waals surface area contributed by atoms with E-state index in [2.05, 4.69) is 20.8 Å². The maximum atomic E-state index is 17.3. The zero-order valence-electron chi connectivity index (χ0n) is 42.4. The summed E-state index contributed by atoms with van der Waals surface area (Å²) in [5.41, 5.74) is 3.29. The van der Waals surface area contributed by atoms with Crippen LogP contribution in [0, 0.1) is 0 Å². The van der Waals surface area contributed by atoms with Gasteiger partial charge in [0.15, 0.2) is 0 Å². The van der Waals surface area contributed by atoms with Crippen LogP contribution in [0.3, 0.4) is 0 Å². The molecule has 9 aromatic rings. The van der Waals surface area contributed by atoms with Crippen LogP contribution in [0.1, 0.15) is 51.2 Å². The minimum atomic E-state index is -3.51. The van der Waals surface area contributed by atoms with Gasteiger partial charge in [-0.3, -0.25) is 4.57 Å². The number of pyridine rings is 1. The summed E-state index contributed by atoms with van der Waals surface area (Å²) in [5, 5.41) is 1.69. The average molecular weight is 783 g/mol. The third-order valence-corrected chi connectivity index (χ3v) is 11.0. The fraction of sp³-hybridized carbons (Fsp3) is 0.113. The maximum Gasteiger partial charge on any atom is 0.298 e. The Morgan fingerprint density at radius 3 is 1.86 bits per heavy atom. The molecule has 288 valence electrons. The van der Waals surface area contributed by atoms with Crippen molar-refractivity contribution in [1.29, 1.82) is 0 Å². The molecule has 0 saturated carbocycles. The largest absolute Gasteiger partial charge is 0.321 e. The Bertz CT molecular complexity index is 3460. The predicted octanol–water partition coefficient (Wildman–Crippen LogP) is 14.2. The SMILES string of the molecule is [2H]c1c([2H])c([2H])c(-c2cccc(-c3c([2H])c([2H])c([2H])c([2H])c3[2H])c2N2CN(c3cccc(C(F)(F)c4ccc5c6ccccc6n(-c6cc(C(C)(C)C)ccn6)c5c4)c3)c3ccccc32)c([2H])c1[2H].